The van der Waals surface area contributed by atoms with Crippen LogP contribution < -0.4 is 5.73 Å². The van der Waals surface area contributed by atoms with E-state index in [1.807, 2.05) is 6.92 Å². The number of rotatable bonds is 2. The number of carbonyl (C=O) groups is 1. The third-order valence-electron chi connectivity index (χ3n) is 2.62. The van der Waals surface area contributed by atoms with Crippen LogP contribution in [0.1, 0.15) is 17.6 Å². The molecule has 0 saturated carbocycles. The second kappa shape index (κ2) is 6.00. The van der Waals surface area contributed by atoms with Crippen molar-refractivity contribution in [3.63, 3.8) is 0 Å². The normalized spacial score (nSPS) is 19.9. The maximum atomic E-state index is 11.5. The SMILES string of the molecule is Cc1cnc(C2CN(C(=O)CN)CCO2)[nH]1.Cl. The van der Waals surface area contributed by atoms with Crippen LogP contribution in [0, 0.1) is 6.92 Å². The van der Waals surface area contributed by atoms with Gasteiger partial charge >= 0.3 is 0 Å². The Bertz CT molecular complexity index is 382. The Balaban J connectivity index is 0.00000144. The number of nitrogens with one attached hydrogen (secondary N) is 1. The molecule has 96 valence electrons. The lowest BCUT2D eigenvalue weighted by Gasteiger charge is -2.31. The number of hydrogen-bond acceptors (Lipinski definition) is 4. The number of aromatic nitrogens is 2. The molecule has 0 bridgehead atoms. The molecular formula is C10H17ClN4O2. The lowest BCUT2D eigenvalue weighted by Crippen LogP contribution is -2.45. The third-order valence-corrected chi connectivity index (χ3v) is 2.62. The highest BCUT2D eigenvalue weighted by atomic mass is 35.5. The monoisotopic (exact) mass is 260 g/mol. The number of nitrogens with zero attached hydrogens (tertiary/aromatic N) is 2. The Hall–Kier alpha value is -1.11. The van der Waals surface area contributed by atoms with Crippen molar-refractivity contribution in [3.05, 3.63) is 17.7 Å². The van der Waals surface area contributed by atoms with Crippen molar-refractivity contribution >= 4 is 18.3 Å². The highest BCUT2D eigenvalue weighted by molar-refractivity contribution is 5.85. The predicted octanol–water partition coefficient (Wildman–Crippen LogP) is -0.00148. The molecule has 0 aliphatic carbocycles. The van der Waals surface area contributed by atoms with E-state index in [0.29, 0.717) is 19.7 Å². The Morgan fingerprint density at radius 3 is 3.12 bits per heavy atom. The van der Waals surface area contributed by atoms with Gasteiger partial charge in [-0.25, -0.2) is 4.98 Å². The number of imidazole rings is 1. The summed E-state index contributed by atoms with van der Waals surface area (Å²) in [4.78, 5) is 20.5. The molecular weight excluding hydrogens is 244 g/mol. The molecule has 1 unspecified atom stereocenters. The number of hydrogen-bond donors (Lipinski definition) is 2. The van der Waals surface area contributed by atoms with E-state index < -0.39 is 0 Å². The number of morpholine rings is 1. The van der Waals surface area contributed by atoms with Gasteiger partial charge in [-0.1, -0.05) is 0 Å². The van der Waals surface area contributed by atoms with Gasteiger partial charge in [-0.2, -0.15) is 0 Å². The number of ether oxygens (including phenoxy) is 1. The summed E-state index contributed by atoms with van der Waals surface area (Å²) in [7, 11) is 0. The minimum atomic E-state index is -0.169. The zero-order chi connectivity index (χ0) is 11.5. The molecule has 0 aromatic carbocycles. The number of aromatic amines is 1. The van der Waals surface area contributed by atoms with Gasteiger partial charge in [0.2, 0.25) is 5.91 Å². The van der Waals surface area contributed by atoms with Crippen LogP contribution in [0.5, 0.6) is 0 Å². The van der Waals surface area contributed by atoms with Crippen LogP contribution >= 0.6 is 12.4 Å². The van der Waals surface area contributed by atoms with Crippen LogP contribution in [0.2, 0.25) is 0 Å². The first-order valence-corrected chi connectivity index (χ1v) is 5.31. The highest BCUT2D eigenvalue weighted by Crippen LogP contribution is 2.19. The molecule has 6 nitrogen and oxygen atoms in total. The van der Waals surface area contributed by atoms with Gasteiger partial charge in [0.15, 0.2) is 0 Å². The number of H-pyrrole nitrogens is 1. The van der Waals surface area contributed by atoms with E-state index in [1.54, 1.807) is 11.1 Å². The van der Waals surface area contributed by atoms with Crippen molar-refractivity contribution in [1.29, 1.82) is 0 Å². The van der Waals surface area contributed by atoms with Crippen LogP contribution in [0.3, 0.4) is 0 Å². The number of halogens is 1. The molecule has 1 aliphatic rings. The second-order valence-electron chi connectivity index (χ2n) is 3.85. The maximum absolute atomic E-state index is 11.5. The third kappa shape index (κ3) is 3.18. The quantitative estimate of drug-likeness (QED) is 0.784. The zero-order valence-corrected chi connectivity index (χ0v) is 10.5. The van der Waals surface area contributed by atoms with Crippen LogP contribution in [0.15, 0.2) is 6.20 Å². The van der Waals surface area contributed by atoms with Gasteiger partial charge in [-0.15, -0.1) is 12.4 Å². The molecule has 7 heteroatoms. The Labute approximate surface area is 106 Å². The van der Waals surface area contributed by atoms with E-state index in [1.165, 1.54) is 0 Å². The topological polar surface area (TPSA) is 84.2 Å². The van der Waals surface area contributed by atoms with Crippen molar-refractivity contribution in [2.45, 2.75) is 13.0 Å². The molecule has 1 fully saturated rings. The van der Waals surface area contributed by atoms with Gasteiger partial charge in [0.25, 0.3) is 0 Å². The fraction of sp³-hybridized carbons (Fsp3) is 0.600. The standard InChI is InChI=1S/C10H16N4O2.ClH/c1-7-5-12-10(13-7)8-6-14(2-3-16-8)9(15)4-11;/h5,8H,2-4,6,11H2,1H3,(H,12,13);1H. The molecule has 1 atom stereocenters. The van der Waals surface area contributed by atoms with Crippen molar-refractivity contribution in [2.75, 3.05) is 26.2 Å². The van der Waals surface area contributed by atoms with Gasteiger partial charge in [0.05, 0.1) is 19.7 Å². The lowest BCUT2D eigenvalue weighted by atomic mass is 10.2. The average molecular weight is 261 g/mol. The summed E-state index contributed by atoms with van der Waals surface area (Å²) in [6.45, 7) is 3.62. The van der Waals surface area contributed by atoms with E-state index in [-0.39, 0.29) is 31.0 Å². The summed E-state index contributed by atoms with van der Waals surface area (Å²) in [5.74, 6) is 0.726. The molecule has 2 rings (SSSR count). The number of nitrogens with two attached hydrogens (primary N) is 1. The number of aryl methyl sites for hydroxylation is 1. The van der Waals surface area contributed by atoms with Crippen molar-refractivity contribution in [2.24, 2.45) is 5.73 Å². The van der Waals surface area contributed by atoms with E-state index in [4.69, 9.17) is 10.5 Å². The summed E-state index contributed by atoms with van der Waals surface area (Å²) in [6, 6.07) is 0. The first kappa shape index (κ1) is 14.0. The van der Waals surface area contributed by atoms with E-state index in [2.05, 4.69) is 9.97 Å². The van der Waals surface area contributed by atoms with E-state index in [9.17, 15) is 4.79 Å². The summed E-state index contributed by atoms with van der Waals surface area (Å²) in [5, 5.41) is 0. The zero-order valence-electron chi connectivity index (χ0n) is 9.68. The summed E-state index contributed by atoms with van der Waals surface area (Å²) in [5.41, 5.74) is 6.32. The smallest absolute Gasteiger partial charge is 0.236 e. The van der Waals surface area contributed by atoms with E-state index >= 15 is 0 Å². The molecule has 3 N–H and O–H groups in total. The first-order chi connectivity index (χ1) is 7.70. The lowest BCUT2D eigenvalue weighted by molar-refractivity contribution is -0.137. The Morgan fingerprint density at radius 2 is 2.53 bits per heavy atom. The molecule has 0 spiro atoms. The molecule has 1 aromatic rings. The summed E-state index contributed by atoms with van der Waals surface area (Å²) >= 11 is 0. The molecule has 1 saturated heterocycles. The predicted molar refractivity (Wildman–Crippen MR) is 64.9 cm³/mol. The molecule has 1 aromatic heterocycles. The fourth-order valence-corrected chi connectivity index (χ4v) is 1.77. The molecule has 2 heterocycles. The molecule has 1 amide bonds. The van der Waals surface area contributed by atoms with E-state index in [0.717, 1.165) is 11.5 Å². The highest BCUT2D eigenvalue weighted by Gasteiger charge is 2.26. The van der Waals surface area contributed by atoms with Crippen LogP contribution in [-0.2, 0) is 9.53 Å². The van der Waals surface area contributed by atoms with Gasteiger partial charge in [-0.3, -0.25) is 4.79 Å². The largest absolute Gasteiger partial charge is 0.367 e. The maximum Gasteiger partial charge on any atom is 0.236 e. The van der Waals surface area contributed by atoms with Crippen molar-refractivity contribution < 1.29 is 9.53 Å². The molecule has 17 heavy (non-hydrogen) atoms. The Morgan fingerprint density at radius 1 is 1.76 bits per heavy atom. The van der Waals surface area contributed by atoms with Gasteiger partial charge < -0.3 is 20.4 Å². The van der Waals surface area contributed by atoms with Gasteiger partial charge in [0, 0.05) is 18.4 Å². The minimum Gasteiger partial charge on any atom is -0.367 e. The minimum absolute atomic E-state index is 0. The summed E-state index contributed by atoms with van der Waals surface area (Å²) < 4.78 is 5.57. The first-order valence-electron chi connectivity index (χ1n) is 5.31. The van der Waals surface area contributed by atoms with Crippen molar-refractivity contribution in [1.82, 2.24) is 14.9 Å². The average Bonchev–Trinajstić information content (AvgIpc) is 2.75. The van der Waals surface area contributed by atoms with Crippen LogP contribution in [-0.4, -0.2) is 47.0 Å². The molecule has 1 aliphatic heterocycles. The number of amides is 1. The Kier molecular flexibility index (Phi) is 4.92. The van der Waals surface area contributed by atoms with Crippen LogP contribution in [0.4, 0.5) is 0 Å². The van der Waals surface area contributed by atoms with Gasteiger partial charge in [-0.05, 0) is 6.92 Å². The fourth-order valence-electron chi connectivity index (χ4n) is 1.77. The van der Waals surface area contributed by atoms with Crippen molar-refractivity contribution in [3.8, 4) is 0 Å². The van der Waals surface area contributed by atoms with Crippen LogP contribution in [0.25, 0.3) is 0 Å². The summed E-state index contributed by atoms with van der Waals surface area (Å²) in [6.07, 6.45) is 1.58. The number of carbonyl (C=O) groups excluding carboxylic acids is 1. The van der Waals surface area contributed by atoms with Gasteiger partial charge in [0.1, 0.15) is 11.9 Å². The molecule has 0 radical (unpaired) electrons. The second-order valence-corrected chi connectivity index (χ2v) is 3.85.